The fourth-order valence-electron chi connectivity index (χ4n) is 3.54. The van der Waals surface area contributed by atoms with E-state index in [1.54, 1.807) is 6.92 Å². The van der Waals surface area contributed by atoms with Crippen LogP contribution in [-0.4, -0.2) is 47.5 Å². The normalized spacial score (nSPS) is 22.0. The van der Waals surface area contributed by atoms with E-state index >= 15 is 0 Å². The van der Waals surface area contributed by atoms with Gasteiger partial charge in [-0.15, -0.1) is 0 Å². The molecule has 0 aromatic carbocycles. The number of Topliss-reactive ketones (excluding diaryl/α,β-unsaturated/α-hetero) is 1. The summed E-state index contributed by atoms with van der Waals surface area (Å²) in [6.45, 7) is 5.48. The van der Waals surface area contributed by atoms with Gasteiger partial charge in [0.05, 0.1) is 4.92 Å². The molecular weight excluding hydrogens is 400 g/mol. The molecule has 8 nitrogen and oxygen atoms in total. The maximum absolute atomic E-state index is 12.8. The predicted octanol–water partition coefficient (Wildman–Crippen LogP) is 2.58. The Balaban J connectivity index is 0.00000103. The number of carbonyl (C=O) groups is 1. The standard InChI is InChI=1S/C17H25N3O5.BH4PS/c1-4-6-13-9-12(7-5-8-21)15(22)16(13)25-17-14(20(23)24)10(2)18-11(3)19-17;2-1-3/h12-13,16,21H,4-9H2,1-3H3;1,3H,2H2/t12-,13-,16+;/m0./s1/i21T;1D. The molecule has 1 aliphatic carbocycles. The Labute approximate surface area is 177 Å². The second-order valence-corrected chi connectivity index (χ2v) is 7.88. The van der Waals surface area contributed by atoms with Crippen molar-refractivity contribution in [2.75, 3.05) is 6.61 Å². The molecule has 0 radical (unpaired) electrons. The zero-order valence-corrected chi connectivity index (χ0v) is 18.5. The van der Waals surface area contributed by atoms with Crippen LogP contribution in [0.5, 0.6) is 5.88 Å². The van der Waals surface area contributed by atoms with Crippen molar-refractivity contribution >= 4 is 39.3 Å². The Morgan fingerprint density at radius 3 is 2.79 bits per heavy atom. The van der Waals surface area contributed by atoms with Gasteiger partial charge in [0.15, 0.2) is 11.9 Å². The number of rotatable bonds is 9. The van der Waals surface area contributed by atoms with Crippen molar-refractivity contribution in [3.05, 3.63) is 21.6 Å². The van der Waals surface area contributed by atoms with Crippen molar-refractivity contribution in [1.29, 1.82) is 2.77 Å². The Hall–Kier alpha value is -1.25. The van der Waals surface area contributed by atoms with Crippen LogP contribution in [0.15, 0.2) is 0 Å². The first-order valence-corrected chi connectivity index (χ1v) is 10.4. The van der Waals surface area contributed by atoms with Gasteiger partial charge in [-0.1, -0.05) is 13.3 Å². The molecule has 1 unspecified atom stereocenters. The number of thiol groups is 1. The number of aliphatic hydroxyl groups is 1. The van der Waals surface area contributed by atoms with Crippen LogP contribution in [-0.2, 0) is 4.79 Å². The highest BCUT2D eigenvalue weighted by atomic mass is 32.1. The summed E-state index contributed by atoms with van der Waals surface area (Å²) in [5.41, 5.74) is -0.0659. The number of carbonyl (C=O) groups excluding carboxylic acids is 1. The minimum Gasteiger partial charge on any atom is -0.461 e. The number of aryl methyl sites for hydroxylation is 2. The third-order valence-electron chi connectivity index (χ3n) is 4.61. The molecule has 0 spiro atoms. The van der Waals surface area contributed by atoms with Gasteiger partial charge in [0.1, 0.15) is 11.5 Å². The molecule has 0 saturated heterocycles. The van der Waals surface area contributed by atoms with Crippen LogP contribution in [0.4, 0.5) is 5.69 Å². The topological polar surface area (TPSA) is 115 Å². The van der Waals surface area contributed by atoms with Gasteiger partial charge >= 0.3 is 5.69 Å². The lowest BCUT2D eigenvalue weighted by Gasteiger charge is -2.19. The number of hydrogen-bond acceptors (Lipinski definition) is 8. The van der Waals surface area contributed by atoms with Crippen molar-refractivity contribution in [1.82, 2.24) is 9.97 Å². The summed E-state index contributed by atoms with van der Waals surface area (Å²) in [6, 6.07) is 0. The predicted molar refractivity (Wildman–Crippen MR) is 116 cm³/mol. The van der Waals surface area contributed by atoms with Crippen LogP contribution in [0.1, 0.15) is 50.5 Å². The first-order valence-electron chi connectivity index (χ1n) is 10.2. The monoisotopic (exact) mass is 432 g/mol. The van der Waals surface area contributed by atoms with Crippen molar-refractivity contribution in [2.45, 2.75) is 59.0 Å². The fourth-order valence-corrected chi connectivity index (χ4v) is 3.54. The van der Waals surface area contributed by atoms with Gasteiger partial charge in [0.2, 0.25) is 7.67 Å². The van der Waals surface area contributed by atoms with Crippen molar-refractivity contribution in [3.63, 3.8) is 0 Å². The highest BCUT2D eigenvalue weighted by Gasteiger charge is 2.44. The molecule has 1 aliphatic rings. The summed E-state index contributed by atoms with van der Waals surface area (Å²) in [6.07, 6.45) is 2.60. The smallest absolute Gasteiger partial charge is 0.351 e. The number of nitrogens with zero attached hydrogens (tertiary/aromatic N) is 3. The zero-order valence-electron chi connectivity index (χ0n) is 18.5. The molecule has 0 bridgehead atoms. The van der Waals surface area contributed by atoms with Gasteiger partial charge in [-0.2, -0.15) is 14.1 Å². The van der Waals surface area contributed by atoms with E-state index in [0.29, 0.717) is 25.1 Å². The van der Waals surface area contributed by atoms with E-state index in [2.05, 4.69) is 36.7 Å². The molecule has 1 N–H and O–H groups in total. The maximum atomic E-state index is 12.8. The van der Waals surface area contributed by atoms with Crippen molar-refractivity contribution < 1.29 is 19.6 Å². The minimum absolute atomic E-state index is 0.00426. The molecule has 1 aromatic rings. The Morgan fingerprint density at radius 1 is 1.54 bits per heavy atom. The first kappa shape index (κ1) is 21.5. The van der Waals surface area contributed by atoms with Gasteiger partial charge < -0.3 is 9.85 Å². The second kappa shape index (κ2) is 12.3. The van der Waals surface area contributed by atoms with E-state index in [9.17, 15) is 14.9 Å². The number of aliphatic hydroxyl groups excluding tert-OH is 1. The summed E-state index contributed by atoms with van der Waals surface area (Å²) in [4.78, 5) is 31.7. The maximum Gasteiger partial charge on any atom is 0.351 e. The van der Waals surface area contributed by atoms with E-state index in [1.165, 1.54) is 6.92 Å². The van der Waals surface area contributed by atoms with Crippen LogP contribution in [0, 0.1) is 35.8 Å². The second-order valence-electron chi connectivity index (χ2n) is 6.68. The number of aromatic nitrogens is 2. The lowest BCUT2D eigenvalue weighted by molar-refractivity contribution is -0.387. The average molecular weight is 432 g/mol. The zero-order chi connectivity index (χ0) is 22.8. The molecule has 28 heavy (non-hydrogen) atoms. The summed E-state index contributed by atoms with van der Waals surface area (Å²) >= 11 is 3.60. The summed E-state index contributed by atoms with van der Waals surface area (Å²) in [5, 5.41) is 15.7. The Morgan fingerprint density at radius 2 is 2.21 bits per heavy atom. The van der Waals surface area contributed by atoms with Crippen LogP contribution >= 0.6 is 21.6 Å². The highest BCUT2D eigenvalue weighted by molar-refractivity contribution is 8.20. The molecule has 0 amide bonds. The van der Waals surface area contributed by atoms with E-state index in [4.69, 9.17) is 7.50 Å². The lowest BCUT2D eigenvalue weighted by atomic mass is 9.97. The molecule has 1 fully saturated rings. The summed E-state index contributed by atoms with van der Waals surface area (Å²) in [5.74, 6) is 0.0235. The lowest BCUT2D eigenvalue weighted by Crippen LogP contribution is -2.31. The molecule has 1 heterocycles. The Kier molecular flexibility index (Phi) is 9.46. The molecular formula is C17H29BN3O5PS. The number of nitro groups is 1. The van der Waals surface area contributed by atoms with Gasteiger partial charge in [0.25, 0.3) is 5.88 Å². The van der Waals surface area contributed by atoms with E-state index in [0.717, 1.165) is 12.8 Å². The quantitative estimate of drug-likeness (QED) is 0.154. The molecule has 11 heteroatoms. The molecule has 156 valence electrons. The van der Waals surface area contributed by atoms with E-state index < -0.39 is 11.0 Å². The Bertz CT molecular complexity index is 732. The average Bonchev–Trinajstić information content (AvgIpc) is 2.90. The molecule has 4 atom stereocenters. The van der Waals surface area contributed by atoms with Gasteiger partial charge in [0, 0.05) is 18.4 Å². The highest BCUT2D eigenvalue weighted by Crippen LogP contribution is 2.38. The molecule has 0 aliphatic heterocycles. The van der Waals surface area contributed by atoms with Gasteiger partial charge in [-0.05, 0) is 40.9 Å². The van der Waals surface area contributed by atoms with Crippen LogP contribution in [0.25, 0.3) is 0 Å². The van der Waals surface area contributed by atoms with Gasteiger partial charge in [-0.25, -0.2) is 17.5 Å². The van der Waals surface area contributed by atoms with Crippen molar-refractivity contribution in [3.8, 4) is 5.88 Å². The van der Waals surface area contributed by atoms with Crippen molar-refractivity contribution in [2.24, 2.45) is 11.8 Å². The SMILES string of the molecule is [2H]B(P)S.[3H]OCCC[C@H]1C[C@H](CCC)[C@@H](Oc2nc(C)nc(C)c2[N+](=O)[O-])C1=O. The molecule has 2 rings (SSSR count). The largest absolute Gasteiger partial charge is 0.461 e. The first-order chi connectivity index (χ1) is 14.1. The minimum atomic E-state index is -0.732. The fraction of sp³-hybridized carbons (Fsp3) is 0.706. The third-order valence-corrected chi connectivity index (χ3v) is 4.61. The van der Waals surface area contributed by atoms with Crippen LogP contribution in [0.3, 0.4) is 0 Å². The molecule has 1 aromatic heterocycles. The third kappa shape index (κ3) is 6.67. The molecule has 1 saturated carbocycles. The summed E-state index contributed by atoms with van der Waals surface area (Å²) in [7, 11) is 2.19. The summed E-state index contributed by atoms with van der Waals surface area (Å²) < 4.78 is 19.0. The number of ketones is 1. The van der Waals surface area contributed by atoms with Crippen LogP contribution < -0.4 is 4.74 Å². The van der Waals surface area contributed by atoms with E-state index in [1.807, 2.05) is 6.92 Å². The van der Waals surface area contributed by atoms with E-state index in [-0.39, 0.29) is 47.7 Å². The van der Waals surface area contributed by atoms with Crippen LogP contribution in [0.2, 0.25) is 0 Å². The van der Waals surface area contributed by atoms with Gasteiger partial charge in [-0.3, -0.25) is 14.9 Å². The number of hydrogen-bond donors (Lipinski definition) is 2. The number of ether oxygens (including phenoxy) is 1.